The maximum Gasteiger partial charge on any atom is 0.472 e. The van der Waals surface area contributed by atoms with Crippen LogP contribution in [0.15, 0.2) is 0 Å². The molecule has 17 nitrogen and oxygen atoms in total. The Kier molecular flexibility index (Phi) is 71.5. The Balaban J connectivity index is 5.19. The van der Waals surface area contributed by atoms with Gasteiger partial charge in [-0.25, -0.2) is 9.13 Å². The molecule has 103 heavy (non-hydrogen) atoms. The summed E-state index contributed by atoms with van der Waals surface area (Å²) in [5.41, 5.74) is 0. The van der Waals surface area contributed by atoms with Crippen LogP contribution >= 0.6 is 15.6 Å². The molecule has 612 valence electrons. The van der Waals surface area contributed by atoms with Crippen molar-refractivity contribution in [2.24, 2.45) is 23.7 Å². The highest BCUT2D eigenvalue weighted by atomic mass is 31.2. The van der Waals surface area contributed by atoms with E-state index in [1.54, 1.807) is 0 Å². The lowest BCUT2D eigenvalue weighted by Crippen LogP contribution is -2.30. The van der Waals surface area contributed by atoms with Crippen molar-refractivity contribution in [1.82, 2.24) is 0 Å². The van der Waals surface area contributed by atoms with Crippen LogP contribution in [0.1, 0.15) is 434 Å². The van der Waals surface area contributed by atoms with E-state index in [1.807, 2.05) is 0 Å². The molecule has 0 aromatic carbocycles. The molecule has 19 heteroatoms. The number of aliphatic hydroxyl groups excluding tert-OH is 1. The van der Waals surface area contributed by atoms with E-state index in [2.05, 4.69) is 55.4 Å². The van der Waals surface area contributed by atoms with E-state index in [0.717, 1.165) is 114 Å². The fourth-order valence-corrected chi connectivity index (χ4v) is 14.5. The van der Waals surface area contributed by atoms with Crippen molar-refractivity contribution in [3.05, 3.63) is 0 Å². The van der Waals surface area contributed by atoms with Crippen LogP contribution in [0, 0.1) is 23.7 Å². The van der Waals surface area contributed by atoms with E-state index in [1.165, 1.54) is 231 Å². The van der Waals surface area contributed by atoms with Crippen molar-refractivity contribution in [2.45, 2.75) is 453 Å². The highest BCUT2D eigenvalue weighted by molar-refractivity contribution is 7.47. The molecule has 0 heterocycles. The molecular formula is C84H164O17P2. The molecule has 0 radical (unpaired) electrons. The highest BCUT2D eigenvalue weighted by Crippen LogP contribution is 2.45. The van der Waals surface area contributed by atoms with Crippen LogP contribution in [0.3, 0.4) is 0 Å². The molecule has 0 amide bonds. The minimum atomic E-state index is -4.97. The first-order chi connectivity index (χ1) is 49.6. The molecule has 6 atom stereocenters. The summed E-state index contributed by atoms with van der Waals surface area (Å²) in [6.07, 6.45) is 61.4. The van der Waals surface area contributed by atoms with E-state index in [4.69, 9.17) is 37.0 Å². The zero-order valence-electron chi connectivity index (χ0n) is 68.0. The van der Waals surface area contributed by atoms with Crippen LogP contribution in [0.5, 0.6) is 0 Å². The predicted molar refractivity (Wildman–Crippen MR) is 423 cm³/mol. The lowest BCUT2D eigenvalue weighted by atomic mass is 9.99. The number of hydrogen-bond donors (Lipinski definition) is 3. The molecule has 0 aliphatic heterocycles. The van der Waals surface area contributed by atoms with Gasteiger partial charge in [-0.1, -0.05) is 383 Å². The average molecular weight is 1510 g/mol. The molecule has 0 aromatic heterocycles. The molecular weight excluding hydrogens is 1340 g/mol. The zero-order valence-corrected chi connectivity index (χ0v) is 69.7. The summed E-state index contributed by atoms with van der Waals surface area (Å²) in [5, 5.41) is 10.6. The summed E-state index contributed by atoms with van der Waals surface area (Å²) < 4.78 is 68.7. The first kappa shape index (κ1) is 101. The Bertz CT molecular complexity index is 2010. The van der Waals surface area contributed by atoms with Crippen LogP contribution in [-0.4, -0.2) is 96.7 Å². The Morgan fingerprint density at radius 3 is 0.689 bits per heavy atom. The second-order valence-corrected chi connectivity index (χ2v) is 34.8. The molecule has 3 N–H and O–H groups in total. The summed E-state index contributed by atoms with van der Waals surface area (Å²) in [7, 11) is -9.92. The Morgan fingerprint density at radius 2 is 0.466 bits per heavy atom. The van der Waals surface area contributed by atoms with Gasteiger partial charge in [0.05, 0.1) is 26.4 Å². The molecule has 0 rings (SSSR count). The van der Waals surface area contributed by atoms with Crippen LogP contribution in [-0.2, 0) is 65.4 Å². The summed E-state index contributed by atoms with van der Waals surface area (Å²) >= 11 is 0. The molecule has 0 bridgehead atoms. The number of aliphatic hydroxyl groups is 1. The highest BCUT2D eigenvalue weighted by Gasteiger charge is 2.30. The van der Waals surface area contributed by atoms with Gasteiger partial charge in [0.2, 0.25) is 0 Å². The molecule has 0 saturated carbocycles. The monoisotopic (exact) mass is 1510 g/mol. The fourth-order valence-electron chi connectivity index (χ4n) is 12.9. The van der Waals surface area contributed by atoms with E-state index in [9.17, 15) is 43.2 Å². The quantitative estimate of drug-likeness (QED) is 0.0222. The normalized spacial score (nSPS) is 14.2. The minimum Gasteiger partial charge on any atom is -0.462 e. The second kappa shape index (κ2) is 72.9. The largest absolute Gasteiger partial charge is 0.472 e. The number of carbonyl (C=O) groups excluding carboxylic acids is 4. The molecule has 0 aliphatic carbocycles. The summed E-state index contributed by atoms with van der Waals surface area (Å²) in [6, 6.07) is 0. The lowest BCUT2D eigenvalue weighted by molar-refractivity contribution is -0.161. The third kappa shape index (κ3) is 76.6. The average Bonchev–Trinajstić information content (AvgIpc) is 0.909. The number of hydrogen-bond acceptors (Lipinski definition) is 15. The zero-order chi connectivity index (χ0) is 76.0. The van der Waals surface area contributed by atoms with Gasteiger partial charge in [-0.15, -0.1) is 0 Å². The first-order valence-corrected chi connectivity index (χ1v) is 46.2. The Hall–Kier alpha value is -1.94. The van der Waals surface area contributed by atoms with Crippen molar-refractivity contribution in [1.29, 1.82) is 0 Å². The second-order valence-electron chi connectivity index (χ2n) is 31.9. The predicted octanol–water partition coefficient (Wildman–Crippen LogP) is 25.2. The topological polar surface area (TPSA) is 237 Å². The number of carbonyl (C=O) groups is 4. The van der Waals surface area contributed by atoms with Crippen LogP contribution in [0.4, 0.5) is 0 Å². The molecule has 0 spiro atoms. The Labute approximate surface area is 632 Å². The SMILES string of the molecule is CCC(C)CCCCCCCCCCC(=O)O[C@H](COC(=O)CCCCCCCCC(C)C)COP(=O)(O)OC[C@H](O)COP(=O)(O)OC[C@@H](COC(=O)CCCCCCCCCCCCCCCCCCCCC(C)C)OC(=O)CCCCCCCCCCCCCCCCCCCCC(C)C. The number of phosphoric acid groups is 2. The minimum absolute atomic E-state index is 0.104. The lowest BCUT2D eigenvalue weighted by Gasteiger charge is -2.21. The van der Waals surface area contributed by atoms with Gasteiger partial charge < -0.3 is 33.8 Å². The fraction of sp³-hybridized carbons (Fsp3) is 0.952. The van der Waals surface area contributed by atoms with Crippen molar-refractivity contribution in [3.63, 3.8) is 0 Å². The standard InChI is InChI=1S/C84H164O17P2/c1-9-77(8)63-55-47-38-34-35-41-51-59-67-84(89)101-80(71-95-82(87)65-57-49-43-42-46-54-62-76(6)7)73-99-103(92,93)97-69-78(85)68-96-102(90,91)98-72-79(100-83(88)66-58-50-40-33-29-25-21-17-13-11-15-19-23-27-31-37-45-53-61-75(4)5)70-94-81(86)64-56-48-39-32-28-24-20-16-12-10-14-18-22-26-30-36-44-52-60-74(2)3/h74-80,85H,9-73H2,1-8H3,(H,90,91)(H,92,93)/t77?,78-,79-,80-/m1/s1. The van der Waals surface area contributed by atoms with Gasteiger partial charge in [0, 0.05) is 25.7 Å². The van der Waals surface area contributed by atoms with Crippen LogP contribution in [0.2, 0.25) is 0 Å². The molecule has 0 fully saturated rings. The van der Waals surface area contributed by atoms with Gasteiger partial charge in [-0.3, -0.25) is 37.3 Å². The smallest absolute Gasteiger partial charge is 0.462 e. The number of ether oxygens (including phenoxy) is 4. The number of rotatable bonds is 81. The third-order valence-corrected chi connectivity index (χ3v) is 21.8. The molecule has 0 aromatic rings. The first-order valence-electron chi connectivity index (χ1n) is 43.2. The van der Waals surface area contributed by atoms with Crippen molar-refractivity contribution < 1.29 is 80.2 Å². The van der Waals surface area contributed by atoms with Gasteiger partial charge in [-0.2, -0.15) is 0 Å². The van der Waals surface area contributed by atoms with E-state index in [-0.39, 0.29) is 25.7 Å². The van der Waals surface area contributed by atoms with E-state index in [0.29, 0.717) is 31.6 Å². The van der Waals surface area contributed by atoms with Gasteiger partial charge in [0.1, 0.15) is 19.3 Å². The van der Waals surface area contributed by atoms with E-state index >= 15 is 0 Å². The Morgan fingerprint density at radius 1 is 0.272 bits per heavy atom. The van der Waals surface area contributed by atoms with E-state index < -0.39 is 97.5 Å². The summed E-state index contributed by atoms with van der Waals surface area (Å²) in [5.74, 6) is 0.977. The van der Waals surface area contributed by atoms with Gasteiger partial charge in [0.15, 0.2) is 12.2 Å². The van der Waals surface area contributed by atoms with Crippen molar-refractivity contribution in [2.75, 3.05) is 39.6 Å². The molecule has 3 unspecified atom stereocenters. The molecule has 0 aliphatic rings. The maximum atomic E-state index is 13.1. The van der Waals surface area contributed by atoms with Gasteiger partial charge in [0.25, 0.3) is 0 Å². The number of unbranched alkanes of at least 4 members (excludes halogenated alkanes) is 46. The van der Waals surface area contributed by atoms with Gasteiger partial charge >= 0.3 is 39.5 Å². The maximum absolute atomic E-state index is 13.1. The van der Waals surface area contributed by atoms with Crippen molar-refractivity contribution in [3.8, 4) is 0 Å². The molecule has 0 saturated heterocycles. The van der Waals surface area contributed by atoms with Crippen molar-refractivity contribution >= 4 is 39.5 Å². The van der Waals surface area contributed by atoms with Gasteiger partial charge in [-0.05, 0) is 49.4 Å². The number of esters is 4. The summed E-state index contributed by atoms with van der Waals surface area (Å²) in [4.78, 5) is 73.0. The summed E-state index contributed by atoms with van der Waals surface area (Å²) in [6.45, 7) is 14.2. The van der Waals surface area contributed by atoms with Crippen LogP contribution in [0.25, 0.3) is 0 Å². The van der Waals surface area contributed by atoms with Crippen LogP contribution < -0.4 is 0 Å². The third-order valence-electron chi connectivity index (χ3n) is 19.9. The number of phosphoric ester groups is 2.